The van der Waals surface area contributed by atoms with Crippen LogP contribution in [-0.4, -0.2) is 5.91 Å². The van der Waals surface area contributed by atoms with E-state index >= 15 is 0 Å². The minimum Gasteiger partial charge on any atom is -0.366 e. The summed E-state index contributed by atoms with van der Waals surface area (Å²) in [6.45, 7) is 0. The van der Waals surface area contributed by atoms with Crippen LogP contribution in [0.3, 0.4) is 0 Å². The van der Waals surface area contributed by atoms with Gasteiger partial charge >= 0.3 is 0 Å². The first kappa shape index (κ1) is 10.5. The Morgan fingerprint density at radius 3 is 2.69 bits per heavy atom. The van der Waals surface area contributed by atoms with Gasteiger partial charge in [0.2, 0.25) is 0 Å². The summed E-state index contributed by atoms with van der Waals surface area (Å²) in [5.41, 5.74) is 5.33. The van der Waals surface area contributed by atoms with Crippen molar-refractivity contribution < 1.29 is 9.18 Å². The van der Waals surface area contributed by atoms with E-state index < -0.39 is 11.7 Å². The van der Waals surface area contributed by atoms with Crippen LogP contribution < -0.4 is 5.73 Å². The molecule has 13 heavy (non-hydrogen) atoms. The fourth-order valence-corrected chi connectivity index (χ4v) is 1.74. The van der Waals surface area contributed by atoms with E-state index in [2.05, 4.69) is 15.9 Å². The number of carbonyl (C=O) groups excluding carboxylic acids is 1. The van der Waals surface area contributed by atoms with Crippen molar-refractivity contribution in [2.45, 2.75) is 5.33 Å². The minimum atomic E-state index is -0.819. The Morgan fingerprint density at radius 1 is 1.62 bits per heavy atom. The first-order valence-electron chi connectivity index (χ1n) is 3.40. The minimum absolute atomic E-state index is 0.185. The van der Waals surface area contributed by atoms with Gasteiger partial charge in [-0.3, -0.25) is 4.79 Å². The van der Waals surface area contributed by atoms with Crippen molar-refractivity contribution in [3.63, 3.8) is 0 Å². The van der Waals surface area contributed by atoms with E-state index in [1.54, 1.807) is 0 Å². The first-order valence-corrected chi connectivity index (χ1v) is 4.90. The molecule has 0 heterocycles. The molecule has 0 aliphatic carbocycles. The van der Waals surface area contributed by atoms with E-state index in [0.717, 1.165) is 0 Å². The third-order valence-electron chi connectivity index (χ3n) is 1.55. The Hall–Kier alpha value is -0.610. The van der Waals surface area contributed by atoms with Crippen LogP contribution in [0.15, 0.2) is 12.1 Å². The van der Waals surface area contributed by atoms with Crippen LogP contribution in [0.25, 0.3) is 0 Å². The molecule has 0 unspecified atom stereocenters. The van der Waals surface area contributed by atoms with Crippen LogP contribution in [0.1, 0.15) is 15.9 Å². The largest absolute Gasteiger partial charge is 0.366 e. The summed E-state index contributed by atoms with van der Waals surface area (Å²) in [6, 6.07) is 2.42. The van der Waals surface area contributed by atoms with Crippen molar-refractivity contribution in [1.82, 2.24) is 0 Å². The third kappa shape index (κ3) is 2.19. The van der Waals surface area contributed by atoms with Gasteiger partial charge in [0.1, 0.15) is 5.82 Å². The molecule has 1 aromatic carbocycles. The second-order valence-electron chi connectivity index (χ2n) is 2.42. The number of amides is 1. The predicted octanol–water partition coefficient (Wildman–Crippen LogP) is 2.47. The maximum atomic E-state index is 13.1. The predicted molar refractivity (Wildman–Crippen MR) is 52.6 cm³/mol. The van der Waals surface area contributed by atoms with Gasteiger partial charge in [0.15, 0.2) is 0 Å². The highest BCUT2D eigenvalue weighted by atomic mass is 79.9. The second kappa shape index (κ2) is 4.07. The van der Waals surface area contributed by atoms with Gasteiger partial charge in [-0.1, -0.05) is 27.5 Å². The molecule has 0 aliphatic heterocycles. The zero-order valence-corrected chi connectivity index (χ0v) is 8.82. The van der Waals surface area contributed by atoms with Gasteiger partial charge in [-0.2, -0.15) is 0 Å². The quantitative estimate of drug-likeness (QED) is 0.821. The molecule has 5 heteroatoms. The summed E-state index contributed by atoms with van der Waals surface area (Å²) in [4.78, 5) is 10.7. The SMILES string of the molecule is NC(=O)c1cc(Cl)c(CBr)cc1F. The summed E-state index contributed by atoms with van der Waals surface area (Å²) in [7, 11) is 0. The van der Waals surface area contributed by atoms with Crippen LogP contribution in [-0.2, 0) is 5.33 Å². The van der Waals surface area contributed by atoms with E-state index in [9.17, 15) is 9.18 Å². The van der Waals surface area contributed by atoms with E-state index in [-0.39, 0.29) is 5.56 Å². The Bertz CT molecular complexity index is 356. The Morgan fingerprint density at radius 2 is 2.23 bits per heavy atom. The van der Waals surface area contributed by atoms with Crippen molar-refractivity contribution in [3.05, 3.63) is 34.1 Å². The van der Waals surface area contributed by atoms with Crippen LogP contribution in [0.5, 0.6) is 0 Å². The lowest BCUT2D eigenvalue weighted by Gasteiger charge is -2.03. The molecule has 0 spiro atoms. The van der Waals surface area contributed by atoms with Crippen LogP contribution >= 0.6 is 27.5 Å². The number of rotatable bonds is 2. The lowest BCUT2D eigenvalue weighted by molar-refractivity contribution is 0.0996. The Balaban J connectivity index is 3.28. The maximum absolute atomic E-state index is 13.1. The highest BCUT2D eigenvalue weighted by Gasteiger charge is 2.11. The summed E-state index contributed by atoms with van der Waals surface area (Å²) >= 11 is 8.88. The number of alkyl halides is 1. The standard InChI is InChI=1S/C8H6BrClFNO/c9-3-4-1-7(11)5(8(12)13)2-6(4)10/h1-2H,3H2,(H2,12,13). The van der Waals surface area contributed by atoms with Crippen molar-refractivity contribution in [2.75, 3.05) is 0 Å². The molecule has 2 N–H and O–H groups in total. The molecule has 70 valence electrons. The topological polar surface area (TPSA) is 43.1 Å². The van der Waals surface area contributed by atoms with Gasteiger partial charge in [0, 0.05) is 10.4 Å². The van der Waals surface area contributed by atoms with E-state index in [0.29, 0.717) is 15.9 Å². The fourth-order valence-electron chi connectivity index (χ4n) is 0.879. The van der Waals surface area contributed by atoms with Gasteiger partial charge in [-0.05, 0) is 17.7 Å². The van der Waals surface area contributed by atoms with Crippen molar-refractivity contribution in [2.24, 2.45) is 5.73 Å². The third-order valence-corrected chi connectivity index (χ3v) is 2.50. The molecule has 0 aromatic heterocycles. The Kier molecular flexibility index (Phi) is 3.27. The van der Waals surface area contributed by atoms with Gasteiger partial charge in [0.05, 0.1) is 5.56 Å². The average molecular weight is 266 g/mol. The zero-order chi connectivity index (χ0) is 10.0. The summed E-state index contributed by atoms with van der Waals surface area (Å²) in [5.74, 6) is -1.47. The smallest absolute Gasteiger partial charge is 0.251 e. The number of benzene rings is 1. The molecule has 0 saturated carbocycles. The monoisotopic (exact) mass is 265 g/mol. The molecule has 1 aromatic rings. The molecule has 0 radical (unpaired) electrons. The van der Waals surface area contributed by atoms with Gasteiger partial charge in [-0.15, -0.1) is 0 Å². The number of primary amides is 1. The summed E-state index contributed by atoms with van der Waals surface area (Å²) in [5, 5.41) is 0.758. The highest BCUT2D eigenvalue weighted by Crippen LogP contribution is 2.22. The molecule has 0 saturated heterocycles. The van der Waals surface area contributed by atoms with Crippen molar-refractivity contribution in [3.8, 4) is 0 Å². The molecular weight excluding hydrogens is 260 g/mol. The molecule has 1 amide bonds. The molecule has 0 bridgehead atoms. The lowest BCUT2D eigenvalue weighted by Crippen LogP contribution is -2.13. The molecule has 1 rings (SSSR count). The van der Waals surface area contributed by atoms with E-state index in [4.69, 9.17) is 17.3 Å². The van der Waals surface area contributed by atoms with E-state index in [1.807, 2.05) is 0 Å². The number of hydrogen-bond donors (Lipinski definition) is 1. The number of carbonyl (C=O) groups is 1. The van der Waals surface area contributed by atoms with Crippen LogP contribution in [0.2, 0.25) is 5.02 Å². The fraction of sp³-hybridized carbons (Fsp3) is 0.125. The van der Waals surface area contributed by atoms with Gasteiger partial charge < -0.3 is 5.73 Å². The summed E-state index contributed by atoms with van der Waals surface area (Å²) in [6.07, 6.45) is 0. The Labute approximate surface area is 88.0 Å². The molecule has 2 nitrogen and oxygen atoms in total. The van der Waals surface area contributed by atoms with Crippen molar-refractivity contribution in [1.29, 1.82) is 0 Å². The molecular formula is C8H6BrClFNO. The molecule has 0 fully saturated rings. The lowest BCUT2D eigenvalue weighted by atomic mass is 10.1. The molecule has 0 atom stereocenters. The second-order valence-corrected chi connectivity index (χ2v) is 3.39. The molecule has 0 aliphatic rings. The maximum Gasteiger partial charge on any atom is 0.251 e. The number of nitrogens with two attached hydrogens (primary N) is 1. The van der Waals surface area contributed by atoms with Gasteiger partial charge in [0.25, 0.3) is 5.91 Å². The zero-order valence-electron chi connectivity index (χ0n) is 6.48. The number of halogens is 3. The van der Waals surface area contributed by atoms with Crippen LogP contribution in [0, 0.1) is 5.82 Å². The first-order chi connectivity index (χ1) is 6.06. The summed E-state index contributed by atoms with van der Waals surface area (Å²) < 4.78 is 13.1. The highest BCUT2D eigenvalue weighted by molar-refractivity contribution is 9.08. The van der Waals surface area contributed by atoms with E-state index in [1.165, 1.54) is 12.1 Å². The number of hydrogen-bond acceptors (Lipinski definition) is 1. The average Bonchev–Trinajstić information content (AvgIpc) is 2.07. The normalized spacial score (nSPS) is 10.1. The van der Waals surface area contributed by atoms with Crippen molar-refractivity contribution >= 4 is 33.4 Å². The van der Waals surface area contributed by atoms with Gasteiger partial charge in [-0.25, -0.2) is 4.39 Å². The van der Waals surface area contributed by atoms with Crippen LogP contribution in [0.4, 0.5) is 4.39 Å².